The maximum atomic E-state index is 10.2. The molecule has 16 heavy (non-hydrogen) atoms. The van der Waals surface area contributed by atoms with E-state index in [1.807, 2.05) is 27.7 Å². The predicted molar refractivity (Wildman–Crippen MR) is 64.4 cm³/mol. The maximum Gasteiger partial charge on any atom is 0.189 e. The normalized spacial score (nSPS) is 31.8. The highest BCUT2D eigenvalue weighted by Gasteiger charge is 2.39. The lowest BCUT2D eigenvalue weighted by Gasteiger charge is -2.25. The molecule has 1 aliphatic rings. The van der Waals surface area contributed by atoms with Gasteiger partial charge >= 0.3 is 0 Å². The molecule has 2 atom stereocenters. The lowest BCUT2D eigenvalue weighted by molar-refractivity contribution is -0.0201. The van der Waals surface area contributed by atoms with E-state index >= 15 is 0 Å². The first-order valence-corrected chi connectivity index (χ1v) is 5.65. The number of nitrogens with two attached hydrogens (primary N) is 1. The fourth-order valence-corrected chi connectivity index (χ4v) is 1.62. The van der Waals surface area contributed by atoms with Crippen LogP contribution in [0.15, 0.2) is 4.99 Å². The first-order chi connectivity index (χ1) is 7.23. The Kier molecular flexibility index (Phi) is 3.80. The summed E-state index contributed by atoms with van der Waals surface area (Å²) in [4.78, 5) is 4.17. The Hall–Kier alpha value is -0.810. The molecule has 0 spiro atoms. The van der Waals surface area contributed by atoms with Gasteiger partial charge in [0.05, 0.1) is 12.6 Å². The van der Waals surface area contributed by atoms with E-state index in [1.165, 1.54) is 0 Å². The summed E-state index contributed by atoms with van der Waals surface area (Å²) in [6, 6.07) is 0. The van der Waals surface area contributed by atoms with Crippen LogP contribution in [0, 0.1) is 0 Å². The third-order valence-corrected chi connectivity index (χ3v) is 2.69. The molecule has 1 rings (SSSR count). The van der Waals surface area contributed by atoms with Crippen LogP contribution < -0.4 is 11.1 Å². The molecule has 0 aliphatic carbocycles. The molecule has 0 radical (unpaired) electrons. The van der Waals surface area contributed by atoms with Gasteiger partial charge in [0.15, 0.2) is 5.96 Å². The summed E-state index contributed by atoms with van der Waals surface area (Å²) in [5.41, 5.74) is 4.74. The van der Waals surface area contributed by atoms with Crippen molar-refractivity contribution >= 4 is 5.96 Å². The summed E-state index contributed by atoms with van der Waals surface area (Å²) in [5, 5.41) is 13.2. The van der Waals surface area contributed by atoms with Gasteiger partial charge < -0.3 is 20.9 Å². The highest BCUT2D eigenvalue weighted by Crippen LogP contribution is 2.25. The van der Waals surface area contributed by atoms with Crippen LogP contribution in [0.1, 0.15) is 34.1 Å². The number of hydrogen-bond acceptors (Lipinski definition) is 3. The van der Waals surface area contributed by atoms with Crippen LogP contribution in [0.4, 0.5) is 0 Å². The Morgan fingerprint density at radius 3 is 2.69 bits per heavy atom. The molecule has 94 valence electrons. The topological polar surface area (TPSA) is 79.9 Å². The van der Waals surface area contributed by atoms with Gasteiger partial charge in [-0.2, -0.15) is 0 Å². The van der Waals surface area contributed by atoms with Gasteiger partial charge in [0, 0.05) is 18.6 Å². The molecule has 0 saturated carbocycles. The minimum atomic E-state index is -0.871. The van der Waals surface area contributed by atoms with E-state index < -0.39 is 5.60 Å². The van der Waals surface area contributed by atoms with Crippen molar-refractivity contribution in [2.75, 3.05) is 13.2 Å². The van der Waals surface area contributed by atoms with Crippen LogP contribution in [0.2, 0.25) is 0 Å². The van der Waals surface area contributed by atoms with Crippen molar-refractivity contribution in [2.45, 2.75) is 51.4 Å². The first kappa shape index (κ1) is 13.3. The zero-order chi connectivity index (χ0) is 12.4. The Labute approximate surface area is 97.1 Å². The van der Waals surface area contributed by atoms with Crippen LogP contribution in [0.25, 0.3) is 0 Å². The molecule has 0 amide bonds. The van der Waals surface area contributed by atoms with Crippen molar-refractivity contribution in [3.8, 4) is 0 Å². The fraction of sp³-hybridized carbons (Fsp3) is 0.909. The molecular formula is C11H23N3O2. The van der Waals surface area contributed by atoms with Crippen LogP contribution >= 0.6 is 0 Å². The number of nitrogens with zero attached hydrogens (tertiary/aromatic N) is 1. The number of aliphatic imine (C=N–C) groups is 1. The largest absolute Gasteiger partial charge is 0.385 e. The standard InChI is InChI=1S/C11H23N3O2/c1-8-11(15,5-6-16-8)7-13-9(12)14-10(2,3)4/h8,15H,5-7H2,1-4H3,(H3,12,13,14). The van der Waals surface area contributed by atoms with Crippen molar-refractivity contribution in [2.24, 2.45) is 10.7 Å². The molecule has 0 aromatic carbocycles. The second-order valence-corrected chi connectivity index (χ2v) is 5.44. The van der Waals surface area contributed by atoms with Gasteiger partial charge in [-0.25, -0.2) is 0 Å². The lowest BCUT2D eigenvalue weighted by Crippen LogP contribution is -2.46. The van der Waals surface area contributed by atoms with Crippen LogP contribution in [-0.4, -0.2) is 41.5 Å². The Balaban J connectivity index is 2.52. The van der Waals surface area contributed by atoms with Gasteiger partial charge in [-0.1, -0.05) is 0 Å². The number of ether oxygens (including phenoxy) is 1. The van der Waals surface area contributed by atoms with E-state index in [2.05, 4.69) is 10.3 Å². The predicted octanol–water partition coefficient (Wildman–Crippen LogP) is 0.229. The fourth-order valence-electron chi connectivity index (χ4n) is 1.62. The zero-order valence-electron chi connectivity index (χ0n) is 10.6. The Morgan fingerprint density at radius 2 is 2.25 bits per heavy atom. The number of guanidine groups is 1. The smallest absolute Gasteiger partial charge is 0.189 e. The number of nitrogens with one attached hydrogen (secondary N) is 1. The highest BCUT2D eigenvalue weighted by molar-refractivity contribution is 5.78. The number of hydrogen-bond donors (Lipinski definition) is 3. The summed E-state index contributed by atoms with van der Waals surface area (Å²) in [6.45, 7) is 8.74. The monoisotopic (exact) mass is 229 g/mol. The molecule has 2 unspecified atom stereocenters. The van der Waals surface area contributed by atoms with Gasteiger partial charge in [0.1, 0.15) is 5.60 Å². The van der Waals surface area contributed by atoms with E-state index in [1.54, 1.807) is 0 Å². The Bertz CT molecular complexity index is 273. The molecule has 1 fully saturated rings. The van der Waals surface area contributed by atoms with Gasteiger partial charge in [-0.15, -0.1) is 0 Å². The molecule has 0 aromatic rings. The molecule has 5 heteroatoms. The van der Waals surface area contributed by atoms with E-state index in [4.69, 9.17) is 10.5 Å². The van der Waals surface area contributed by atoms with Crippen LogP contribution in [0.3, 0.4) is 0 Å². The summed E-state index contributed by atoms with van der Waals surface area (Å²) in [6.07, 6.45) is 0.430. The third-order valence-electron chi connectivity index (χ3n) is 2.69. The van der Waals surface area contributed by atoms with Crippen molar-refractivity contribution in [3.63, 3.8) is 0 Å². The summed E-state index contributed by atoms with van der Waals surface area (Å²) in [5.74, 6) is 0.361. The molecular weight excluding hydrogens is 206 g/mol. The summed E-state index contributed by atoms with van der Waals surface area (Å²) < 4.78 is 5.32. The highest BCUT2D eigenvalue weighted by atomic mass is 16.5. The van der Waals surface area contributed by atoms with E-state index in [-0.39, 0.29) is 18.2 Å². The third kappa shape index (κ3) is 3.64. The van der Waals surface area contributed by atoms with Crippen molar-refractivity contribution in [1.29, 1.82) is 0 Å². The number of aliphatic hydroxyl groups is 1. The molecule has 0 bridgehead atoms. The minimum absolute atomic E-state index is 0.117. The zero-order valence-corrected chi connectivity index (χ0v) is 10.6. The first-order valence-electron chi connectivity index (χ1n) is 5.65. The van der Waals surface area contributed by atoms with Crippen molar-refractivity contribution in [1.82, 2.24) is 5.32 Å². The lowest BCUT2D eigenvalue weighted by atomic mass is 9.97. The van der Waals surface area contributed by atoms with E-state index in [9.17, 15) is 5.11 Å². The molecule has 1 saturated heterocycles. The summed E-state index contributed by atoms with van der Waals surface area (Å²) in [7, 11) is 0. The van der Waals surface area contributed by atoms with Gasteiger partial charge in [-0.3, -0.25) is 4.99 Å². The van der Waals surface area contributed by atoms with Crippen molar-refractivity contribution in [3.05, 3.63) is 0 Å². The van der Waals surface area contributed by atoms with Crippen molar-refractivity contribution < 1.29 is 9.84 Å². The van der Waals surface area contributed by atoms with Gasteiger partial charge in [-0.05, 0) is 27.7 Å². The van der Waals surface area contributed by atoms with Gasteiger partial charge in [0.2, 0.25) is 0 Å². The second-order valence-electron chi connectivity index (χ2n) is 5.44. The molecule has 5 nitrogen and oxygen atoms in total. The molecule has 0 aromatic heterocycles. The molecule has 1 heterocycles. The minimum Gasteiger partial charge on any atom is -0.385 e. The average Bonchev–Trinajstić information content (AvgIpc) is 2.42. The van der Waals surface area contributed by atoms with E-state index in [0.717, 1.165) is 0 Å². The average molecular weight is 229 g/mol. The quantitative estimate of drug-likeness (QED) is 0.468. The summed E-state index contributed by atoms with van der Waals surface area (Å²) >= 11 is 0. The molecule has 1 aliphatic heterocycles. The van der Waals surface area contributed by atoms with Gasteiger partial charge in [0.25, 0.3) is 0 Å². The molecule has 4 N–H and O–H groups in total. The Morgan fingerprint density at radius 1 is 1.62 bits per heavy atom. The van der Waals surface area contributed by atoms with E-state index in [0.29, 0.717) is 19.0 Å². The van der Waals surface area contributed by atoms with Crippen LogP contribution in [-0.2, 0) is 4.74 Å². The maximum absolute atomic E-state index is 10.2. The number of rotatable bonds is 2. The van der Waals surface area contributed by atoms with Crippen LogP contribution in [0.5, 0.6) is 0 Å². The second kappa shape index (κ2) is 4.59. The SMILES string of the molecule is CC1OCCC1(O)CN=C(N)NC(C)(C)C.